The minimum atomic E-state index is -3.51. The highest BCUT2D eigenvalue weighted by molar-refractivity contribution is 7.89. The molecule has 0 bridgehead atoms. The Morgan fingerprint density at radius 1 is 1.30 bits per heavy atom. The van der Waals surface area contributed by atoms with Gasteiger partial charge in [-0.15, -0.1) is 0 Å². The molecule has 0 aromatic heterocycles. The van der Waals surface area contributed by atoms with Gasteiger partial charge >= 0.3 is 0 Å². The largest absolute Gasteiger partial charge is 0.322 e. The van der Waals surface area contributed by atoms with Crippen LogP contribution in [-0.4, -0.2) is 34.5 Å². The van der Waals surface area contributed by atoms with Crippen molar-refractivity contribution in [3.8, 4) is 0 Å². The molecule has 0 unspecified atom stereocenters. The summed E-state index contributed by atoms with van der Waals surface area (Å²) in [6.07, 6.45) is 0. The molecule has 1 aromatic carbocycles. The molecular weight excluding hydrogens is 278 g/mol. The van der Waals surface area contributed by atoms with Crippen LogP contribution in [0.25, 0.3) is 0 Å². The molecule has 2 rings (SSSR count). The molecule has 1 aromatic rings. The molecule has 0 atom stereocenters. The molecule has 20 heavy (non-hydrogen) atoms. The normalized spacial score (nSPS) is 14.6. The summed E-state index contributed by atoms with van der Waals surface area (Å²) >= 11 is 0. The summed E-state index contributed by atoms with van der Waals surface area (Å²) in [5.74, 6) is -0.208. The highest BCUT2D eigenvalue weighted by atomic mass is 32.2. The quantitative estimate of drug-likeness (QED) is 0.704. The third-order valence-electron chi connectivity index (χ3n) is 3.22. The Balaban J connectivity index is 2.18. The van der Waals surface area contributed by atoms with Crippen molar-refractivity contribution in [2.75, 3.05) is 25.5 Å². The molecule has 1 amide bonds. The summed E-state index contributed by atoms with van der Waals surface area (Å²) in [5.41, 5.74) is 2.20. The topological polar surface area (TPSA) is 87.3 Å². The zero-order valence-electron chi connectivity index (χ0n) is 11.4. The Morgan fingerprint density at radius 3 is 2.55 bits per heavy atom. The van der Waals surface area contributed by atoms with E-state index < -0.39 is 10.0 Å². The van der Waals surface area contributed by atoms with Gasteiger partial charge in [0.15, 0.2) is 0 Å². The summed E-state index contributed by atoms with van der Waals surface area (Å²) in [5, 5.41) is 5.78. The van der Waals surface area contributed by atoms with Crippen LogP contribution < -0.4 is 15.4 Å². The van der Waals surface area contributed by atoms with Gasteiger partial charge in [0.2, 0.25) is 10.0 Å². The molecule has 108 valence electrons. The second kappa shape index (κ2) is 5.74. The van der Waals surface area contributed by atoms with Crippen LogP contribution in [0.1, 0.15) is 6.92 Å². The Kier molecular flexibility index (Phi) is 4.22. The van der Waals surface area contributed by atoms with Gasteiger partial charge in [0.1, 0.15) is 0 Å². The second-order valence-electron chi connectivity index (χ2n) is 4.52. The first kappa shape index (κ1) is 14.7. The average molecular weight is 295 g/mol. The monoisotopic (exact) mass is 295 g/mol. The lowest BCUT2D eigenvalue weighted by Crippen LogP contribution is -2.36. The zero-order chi connectivity index (χ0) is 14.8. The molecule has 3 N–H and O–H groups in total. The summed E-state index contributed by atoms with van der Waals surface area (Å²) in [6, 6.07) is 6.15. The van der Waals surface area contributed by atoms with E-state index in [2.05, 4.69) is 15.4 Å². The summed E-state index contributed by atoms with van der Waals surface area (Å²) in [4.78, 5) is 12.1. The van der Waals surface area contributed by atoms with Crippen LogP contribution in [0.5, 0.6) is 0 Å². The molecule has 0 radical (unpaired) electrons. The highest BCUT2D eigenvalue weighted by Gasteiger charge is 2.17. The first-order chi connectivity index (χ1) is 9.44. The fourth-order valence-corrected chi connectivity index (χ4v) is 2.53. The number of sulfonamides is 1. The van der Waals surface area contributed by atoms with Gasteiger partial charge in [-0.3, -0.25) is 4.79 Å². The molecule has 7 heteroatoms. The first-order valence-corrected chi connectivity index (χ1v) is 7.66. The van der Waals surface area contributed by atoms with E-state index in [0.717, 1.165) is 18.7 Å². The highest BCUT2D eigenvalue weighted by Crippen LogP contribution is 2.17. The fraction of sp³-hybridized carbons (Fsp3) is 0.308. The van der Waals surface area contributed by atoms with Crippen LogP contribution >= 0.6 is 0 Å². The van der Waals surface area contributed by atoms with Gasteiger partial charge in [0.25, 0.3) is 5.91 Å². The third kappa shape index (κ3) is 3.06. The molecule has 6 nitrogen and oxygen atoms in total. The minimum Gasteiger partial charge on any atom is -0.322 e. The minimum absolute atomic E-state index is 0.119. The Morgan fingerprint density at radius 2 is 2.00 bits per heavy atom. The molecule has 1 saturated heterocycles. The van der Waals surface area contributed by atoms with E-state index in [1.165, 1.54) is 19.2 Å². The Labute approximate surface area is 118 Å². The van der Waals surface area contributed by atoms with Crippen molar-refractivity contribution in [2.45, 2.75) is 11.8 Å². The van der Waals surface area contributed by atoms with Crippen LogP contribution in [0.4, 0.5) is 5.69 Å². The van der Waals surface area contributed by atoms with Crippen molar-refractivity contribution in [3.63, 3.8) is 0 Å². The van der Waals surface area contributed by atoms with Gasteiger partial charge in [0.05, 0.1) is 4.90 Å². The maximum atomic E-state index is 12.0. The number of anilines is 1. The smallest absolute Gasteiger partial charge is 0.251 e. The standard InChI is InChI=1S/C13H17N3O3S/c1-9(10-7-15-8-10)13(17)16-11-4-3-5-12(6-11)20(18,19)14-2/h3-6,14-15H,7-8H2,1-2H3,(H,16,17). The Hall–Kier alpha value is -1.70. The number of hydrogen-bond acceptors (Lipinski definition) is 4. The van der Waals surface area contributed by atoms with E-state index in [1.54, 1.807) is 19.1 Å². The third-order valence-corrected chi connectivity index (χ3v) is 4.63. The van der Waals surface area contributed by atoms with Crippen LogP contribution in [0.3, 0.4) is 0 Å². The SMILES string of the molecule is CNS(=O)(=O)c1cccc(NC(=O)C(C)=C2CNC2)c1. The number of amides is 1. The lowest BCUT2D eigenvalue weighted by molar-refractivity contribution is -0.112. The summed E-state index contributed by atoms with van der Waals surface area (Å²) in [6.45, 7) is 3.22. The number of benzene rings is 1. The Bertz CT molecular complexity index is 659. The zero-order valence-corrected chi connectivity index (χ0v) is 12.2. The molecule has 0 saturated carbocycles. The van der Waals surface area contributed by atoms with Gasteiger partial charge in [-0.1, -0.05) is 6.07 Å². The van der Waals surface area contributed by atoms with Gasteiger partial charge in [-0.25, -0.2) is 13.1 Å². The number of rotatable bonds is 4. The van der Waals surface area contributed by atoms with E-state index in [-0.39, 0.29) is 10.8 Å². The molecule has 1 aliphatic heterocycles. The number of nitrogens with one attached hydrogen (secondary N) is 3. The van der Waals surface area contributed by atoms with Gasteiger partial charge in [-0.2, -0.15) is 0 Å². The van der Waals surface area contributed by atoms with Crippen molar-refractivity contribution in [3.05, 3.63) is 35.4 Å². The van der Waals surface area contributed by atoms with E-state index in [1.807, 2.05) is 0 Å². The number of carbonyl (C=O) groups excluding carboxylic acids is 1. The number of hydrogen-bond donors (Lipinski definition) is 3. The van der Waals surface area contributed by atoms with Crippen molar-refractivity contribution < 1.29 is 13.2 Å². The fourth-order valence-electron chi connectivity index (χ4n) is 1.76. The molecule has 0 aliphatic carbocycles. The maximum absolute atomic E-state index is 12.0. The van der Waals surface area contributed by atoms with Gasteiger partial charge in [0, 0.05) is 24.4 Å². The predicted molar refractivity (Wildman–Crippen MR) is 76.9 cm³/mol. The van der Waals surface area contributed by atoms with E-state index >= 15 is 0 Å². The van der Waals surface area contributed by atoms with E-state index in [9.17, 15) is 13.2 Å². The summed E-state index contributed by atoms with van der Waals surface area (Å²) in [7, 11) is -2.16. The number of carbonyl (C=O) groups is 1. The van der Waals surface area contributed by atoms with Crippen molar-refractivity contribution >= 4 is 21.6 Å². The van der Waals surface area contributed by atoms with Crippen molar-refractivity contribution in [1.29, 1.82) is 0 Å². The van der Waals surface area contributed by atoms with Crippen molar-refractivity contribution in [1.82, 2.24) is 10.0 Å². The van der Waals surface area contributed by atoms with Crippen LogP contribution in [0.2, 0.25) is 0 Å². The first-order valence-electron chi connectivity index (χ1n) is 6.18. The van der Waals surface area contributed by atoms with Gasteiger partial charge in [-0.05, 0) is 37.7 Å². The summed E-state index contributed by atoms with van der Waals surface area (Å²) < 4.78 is 25.6. The molecule has 1 fully saturated rings. The predicted octanol–water partition coefficient (Wildman–Crippen LogP) is 0.453. The van der Waals surface area contributed by atoms with Crippen molar-refractivity contribution in [2.24, 2.45) is 0 Å². The maximum Gasteiger partial charge on any atom is 0.251 e. The molecular formula is C13H17N3O3S. The van der Waals surface area contributed by atoms with E-state index in [0.29, 0.717) is 11.3 Å². The lowest BCUT2D eigenvalue weighted by Gasteiger charge is -2.21. The lowest BCUT2D eigenvalue weighted by atomic mass is 10.0. The molecule has 1 heterocycles. The molecule has 0 spiro atoms. The van der Waals surface area contributed by atoms with Crippen LogP contribution in [0, 0.1) is 0 Å². The van der Waals surface area contributed by atoms with E-state index in [4.69, 9.17) is 0 Å². The molecule has 1 aliphatic rings. The van der Waals surface area contributed by atoms with Crippen LogP contribution in [0.15, 0.2) is 40.3 Å². The second-order valence-corrected chi connectivity index (χ2v) is 6.41. The van der Waals surface area contributed by atoms with Crippen LogP contribution in [-0.2, 0) is 14.8 Å². The van der Waals surface area contributed by atoms with Gasteiger partial charge < -0.3 is 10.6 Å². The average Bonchev–Trinajstić information content (AvgIpc) is 2.37.